The molecule has 7 heteroatoms. The smallest absolute Gasteiger partial charge is 0.145 e. The van der Waals surface area contributed by atoms with Crippen LogP contribution in [0.1, 0.15) is 37.7 Å². The van der Waals surface area contributed by atoms with Gasteiger partial charge >= 0.3 is 0 Å². The number of nitrogens with one attached hydrogen (secondary N) is 2. The lowest BCUT2D eigenvalue weighted by Gasteiger charge is -2.24. The monoisotopic (exact) mass is 423 g/mol. The van der Waals surface area contributed by atoms with E-state index in [1.165, 1.54) is 17.5 Å². The van der Waals surface area contributed by atoms with Crippen LogP contribution in [0.25, 0.3) is 0 Å². The van der Waals surface area contributed by atoms with Crippen LogP contribution in [0.2, 0.25) is 5.02 Å². The molecular formula is C21H27ClFN3OS. The molecule has 4 nitrogen and oxygen atoms in total. The number of nitrogens with zero attached hydrogens (tertiary/aromatic N) is 1. The Bertz CT molecular complexity index is 800. The summed E-state index contributed by atoms with van der Waals surface area (Å²) in [6.45, 7) is 3.57. The molecule has 1 aromatic rings. The molecule has 0 aromatic heterocycles. The van der Waals surface area contributed by atoms with Crippen LogP contribution in [0.15, 0.2) is 29.6 Å². The van der Waals surface area contributed by atoms with Gasteiger partial charge in [0.1, 0.15) is 11.3 Å². The fraction of sp³-hybridized carbons (Fsp3) is 0.619. The maximum atomic E-state index is 14.5. The van der Waals surface area contributed by atoms with Crippen LogP contribution in [0.5, 0.6) is 0 Å². The molecule has 1 unspecified atom stereocenters. The van der Waals surface area contributed by atoms with Crippen molar-refractivity contribution >= 4 is 24.2 Å². The van der Waals surface area contributed by atoms with Crippen molar-refractivity contribution < 1.29 is 9.13 Å². The third kappa shape index (κ3) is 3.22. The zero-order valence-corrected chi connectivity index (χ0v) is 17.5. The first-order valence-electron chi connectivity index (χ1n) is 10.3. The molecule has 1 saturated carbocycles. The first kappa shape index (κ1) is 19.0. The first-order chi connectivity index (χ1) is 13.6. The average molecular weight is 424 g/mol. The Hall–Kier alpha value is -0.950. The maximum absolute atomic E-state index is 14.5. The van der Waals surface area contributed by atoms with E-state index in [-0.39, 0.29) is 16.7 Å². The predicted octanol–water partition coefficient (Wildman–Crippen LogP) is 3.63. The predicted molar refractivity (Wildman–Crippen MR) is 112 cm³/mol. The van der Waals surface area contributed by atoms with E-state index >= 15 is 0 Å². The Labute approximate surface area is 176 Å². The van der Waals surface area contributed by atoms with Crippen molar-refractivity contribution in [2.45, 2.75) is 49.1 Å². The molecule has 3 fully saturated rings. The Morgan fingerprint density at radius 2 is 2.18 bits per heavy atom. The number of piperidine rings is 1. The van der Waals surface area contributed by atoms with E-state index in [4.69, 9.17) is 29.0 Å². The molecule has 152 valence electrons. The molecule has 4 aliphatic rings. The van der Waals surface area contributed by atoms with Crippen LogP contribution in [-0.2, 0) is 10.2 Å². The van der Waals surface area contributed by atoms with Crippen LogP contribution in [-0.4, -0.2) is 42.7 Å². The van der Waals surface area contributed by atoms with Gasteiger partial charge in [-0.05, 0) is 62.4 Å². The van der Waals surface area contributed by atoms with Gasteiger partial charge < -0.3 is 20.3 Å². The molecule has 0 bridgehead atoms. The van der Waals surface area contributed by atoms with Crippen LogP contribution >= 0.6 is 24.2 Å². The molecular weight excluding hydrogens is 397 g/mol. The van der Waals surface area contributed by atoms with Gasteiger partial charge in [0, 0.05) is 53.5 Å². The van der Waals surface area contributed by atoms with Crippen molar-refractivity contribution in [3.05, 3.63) is 46.0 Å². The molecule has 28 heavy (non-hydrogen) atoms. The summed E-state index contributed by atoms with van der Waals surface area (Å²) in [6, 6.07) is 5.53. The number of hydrogen-bond donors (Lipinski definition) is 3. The van der Waals surface area contributed by atoms with E-state index in [2.05, 4.69) is 15.5 Å². The summed E-state index contributed by atoms with van der Waals surface area (Å²) in [6.07, 6.45) is 5.30. The van der Waals surface area contributed by atoms with Gasteiger partial charge in [0.25, 0.3) is 0 Å². The molecule has 3 atom stereocenters. The van der Waals surface area contributed by atoms with Crippen LogP contribution in [0.3, 0.4) is 0 Å². The number of fused-ring (bicyclic) bond motifs is 3. The molecule has 3 heterocycles. The van der Waals surface area contributed by atoms with Crippen molar-refractivity contribution in [2.24, 2.45) is 5.92 Å². The molecule has 1 aromatic carbocycles. The second-order valence-electron chi connectivity index (χ2n) is 8.49. The minimum Gasteiger partial charge on any atom is -0.381 e. The molecule has 1 aliphatic carbocycles. The summed E-state index contributed by atoms with van der Waals surface area (Å²) < 4.78 is 20.0. The number of rotatable bonds is 6. The second-order valence-corrected chi connectivity index (χ2v) is 9.42. The van der Waals surface area contributed by atoms with Crippen molar-refractivity contribution in [3.63, 3.8) is 0 Å². The Morgan fingerprint density at radius 1 is 1.36 bits per heavy atom. The van der Waals surface area contributed by atoms with E-state index in [9.17, 15) is 4.39 Å². The first-order valence-corrected chi connectivity index (χ1v) is 11.2. The number of halogens is 2. The summed E-state index contributed by atoms with van der Waals surface area (Å²) in [5.74, 6) is 0.239. The molecule has 2 saturated heterocycles. The molecule has 5 rings (SSSR count). The highest BCUT2D eigenvalue weighted by atomic mass is 35.5. The largest absolute Gasteiger partial charge is 0.381 e. The Kier molecular flexibility index (Phi) is 5.02. The molecule has 3 aliphatic heterocycles. The summed E-state index contributed by atoms with van der Waals surface area (Å²) >= 11 is 10.9. The number of hydrogen-bond acceptors (Lipinski definition) is 5. The normalized spacial score (nSPS) is 31.8. The topological polar surface area (TPSA) is 36.5 Å². The molecule has 0 amide bonds. The van der Waals surface area contributed by atoms with Crippen molar-refractivity contribution in [2.75, 3.05) is 26.3 Å². The van der Waals surface area contributed by atoms with Gasteiger partial charge in [-0.2, -0.15) is 0 Å². The second kappa shape index (κ2) is 7.38. The number of ether oxygens (including phenoxy) is 1. The molecule has 2 N–H and O–H groups in total. The van der Waals surface area contributed by atoms with Gasteiger partial charge in [-0.3, -0.25) is 0 Å². The highest BCUT2D eigenvalue weighted by Gasteiger charge is 2.66. The number of benzene rings is 1. The van der Waals surface area contributed by atoms with Crippen molar-refractivity contribution in [3.8, 4) is 0 Å². The van der Waals surface area contributed by atoms with Crippen LogP contribution in [0.4, 0.5) is 4.39 Å². The van der Waals surface area contributed by atoms with Crippen molar-refractivity contribution in [1.82, 2.24) is 15.5 Å². The Balaban J connectivity index is 1.26. The highest BCUT2D eigenvalue weighted by molar-refractivity contribution is 7.80. The maximum Gasteiger partial charge on any atom is 0.145 e. The minimum absolute atomic E-state index is 0.0135. The molecule has 0 radical (unpaired) electrons. The molecule has 0 spiro atoms. The van der Waals surface area contributed by atoms with E-state index in [0.29, 0.717) is 17.0 Å². The minimum atomic E-state index is -0.139. The van der Waals surface area contributed by atoms with Gasteiger partial charge in [0.05, 0.1) is 0 Å². The summed E-state index contributed by atoms with van der Waals surface area (Å²) in [5.41, 5.74) is 3.28. The SMILES string of the molecule is Fc1ccc(Cl)cc1[C@]12C[C@H]1C1=C(CCCNC3CCOCC3)NC(S)N1C2. The van der Waals surface area contributed by atoms with E-state index < -0.39 is 0 Å². The highest BCUT2D eigenvalue weighted by Crippen LogP contribution is 2.66. The standard InChI is InChI=1S/C21H27ClFN3OS/c22-13-3-4-17(23)15(10-13)21-11-16(21)19-18(25-20(28)26(19)12-21)2-1-7-24-14-5-8-27-9-6-14/h3-4,10,14,16,20,24-25,28H,1-2,5-9,11-12H2/t16-,20?,21+/m0/s1. The van der Waals surface area contributed by atoms with Gasteiger partial charge in [-0.15, -0.1) is 12.6 Å². The third-order valence-corrected chi connectivity index (χ3v) is 7.44. The van der Waals surface area contributed by atoms with E-state index in [1.807, 2.05) is 6.07 Å². The van der Waals surface area contributed by atoms with E-state index in [1.54, 1.807) is 6.07 Å². The van der Waals surface area contributed by atoms with E-state index in [0.717, 1.165) is 64.0 Å². The third-order valence-electron chi connectivity index (χ3n) is 6.80. The van der Waals surface area contributed by atoms with Gasteiger partial charge in [-0.25, -0.2) is 4.39 Å². The fourth-order valence-electron chi connectivity index (χ4n) is 5.27. The lowest BCUT2D eigenvalue weighted by molar-refractivity contribution is 0.0780. The van der Waals surface area contributed by atoms with Crippen molar-refractivity contribution in [1.29, 1.82) is 0 Å². The summed E-state index contributed by atoms with van der Waals surface area (Å²) in [7, 11) is 0. The summed E-state index contributed by atoms with van der Waals surface area (Å²) in [4.78, 5) is 2.32. The number of thiol groups is 1. The number of allylic oxidation sites excluding steroid dienone is 2. The average Bonchev–Trinajstić information content (AvgIpc) is 3.19. The van der Waals surface area contributed by atoms with Crippen LogP contribution in [0, 0.1) is 11.7 Å². The Morgan fingerprint density at radius 3 is 3.00 bits per heavy atom. The fourth-order valence-corrected chi connectivity index (χ4v) is 5.81. The van der Waals surface area contributed by atoms with Crippen LogP contribution < -0.4 is 10.6 Å². The quantitative estimate of drug-likeness (QED) is 0.482. The lowest BCUT2D eigenvalue weighted by atomic mass is 9.94. The summed E-state index contributed by atoms with van der Waals surface area (Å²) in [5, 5.41) is 7.81. The lowest BCUT2D eigenvalue weighted by Crippen LogP contribution is -2.36. The zero-order chi connectivity index (χ0) is 19.3. The zero-order valence-electron chi connectivity index (χ0n) is 15.9. The van der Waals surface area contributed by atoms with Gasteiger partial charge in [0.15, 0.2) is 0 Å². The van der Waals surface area contributed by atoms with Gasteiger partial charge in [0.2, 0.25) is 0 Å². The van der Waals surface area contributed by atoms with Gasteiger partial charge in [-0.1, -0.05) is 11.6 Å².